The molecule has 1 aliphatic heterocycles. The summed E-state index contributed by atoms with van der Waals surface area (Å²) in [5.74, 6) is 0. The lowest BCUT2D eigenvalue weighted by Gasteiger charge is -2.27. The second-order valence-corrected chi connectivity index (χ2v) is 7.25. The summed E-state index contributed by atoms with van der Waals surface area (Å²) in [5, 5.41) is 23.3. The van der Waals surface area contributed by atoms with Gasteiger partial charge in [0.15, 0.2) is 0 Å². The van der Waals surface area contributed by atoms with Crippen molar-refractivity contribution in [3.05, 3.63) is 77.6 Å². The molecule has 2 aromatic carbocycles. The van der Waals surface area contributed by atoms with Crippen molar-refractivity contribution < 1.29 is 10.2 Å². The van der Waals surface area contributed by atoms with Gasteiger partial charge in [-0.05, 0) is 35.9 Å². The molecule has 4 rings (SSSR count). The number of anilines is 2. The average Bonchev–Trinajstić information content (AvgIpc) is 3.17. The van der Waals surface area contributed by atoms with E-state index in [1.165, 1.54) is 11.3 Å². The number of rotatable bonds is 6. The maximum Gasteiger partial charge on any atom is 0.121 e. The molecule has 1 aromatic heterocycles. The number of aliphatic hydroxyl groups excluding tert-OH is 2. The molecule has 0 saturated carbocycles. The van der Waals surface area contributed by atoms with Gasteiger partial charge in [-0.2, -0.15) is 5.10 Å². The van der Waals surface area contributed by atoms with E-state index in [1.807, 2.05) is 28.9 Å². The van der Waals surface area contributed by atoms with Crippen LogP contribution in [0.1, 0.15) is 23.1 Å². The smallest absolute Gasteiger partial charge is 0.121 e. The number of nitrogens with zero attached hydrogens (tertiary/aromatic N) is 4. The molecule has 6 heteroatoms. The van der Waals surface area contributed by atoms with Crippen LogP contribution in [-0.2, 0) is 19.6 Å². The van der Waals surface area contributed by atoms with Gasteiger partial charge in [-0.3, -0.25) is 9.58 Å². The number of hydrogen-bond donors (Lipinski definition) is 2. The number of benzene rings is 2. The van der Waals surface area contributed by atoms with Crippen LogP contribution in [0.2, 0.25) is 0 Å². The monoisotopic (exact) mass is 378 g/mol. The zero-order chi connectivity index (χ0) is 19.5. The molecule has 0 fully saturated rings. The van der Waals surface area contributed by atoms with Gasteiger partial charge in [0.1, 0.15) is 6.10 Å². The predicted octanol–water partition coefficient (Wildman–Crippen LogP) is 2.69. The molecule has 0 saturated heterocycles. The van der Waals surface area contributed by atoms with Crippen LogP contribution in [0, 0.1) is 0 Å². The minimum absolute atomic E-state index is 0.302. The molecule has 6 nitrogen and oxygen atoms in total. The molecule has 1 aliphatic rings. The Morgan fingerprint density at radius 3 is 2.46 bits per heavy atom. The standard InChI is InChI=1S/C22H26N4O2/c1-24(18-5-3-2-4-6-18)19-9-7-17(8-10-19)14-25-11-12-26-20(15-25)13-21(23-26)22(28)16-27/h2-10,13,22,27-28H,11-12,14-16H2,1H3. The van der Waals surface area contributed by atoms with E-state index in [-0.39, 0.29) is 6.61 Å². The van der Waals surface area contributed by atoms with Crippen LogP contribution in [0.4, 0.5) is 11.4 Å². The Morgan fingerprint density at radius 1 is 1.04 bits per heavy atom. The molecule has 3 aromatic rings. The first kappa shape index (κ1) is 18.7. The summed E-state index contributed by atoms with van der Waals surface area (Å²) in [6.45, 7) is 3.07. The summed E-state index contributed by atoms with van der Waals surface area (Å²) in [5.41, 5.74) is 5.23. The third-order valence-corrected chi connectivity index (χ3v) is 5.28. The Hall–Kier alpha value is -2.67. The number of para-hydroxylation sites is 1. The topological polar surface area (TPSA) is 64.8 Å². The number of aliphatic hydroxyl groups is 2. The second kappa shape index (κ2) is 8.14. The molecule has 1 unspecified atom stereocenters. The van der Waals surface area contributed by atoms with Crippen LogP contribution in [0.25, 0.3) is 0 Å². The molecule has 0 amide bonds. The summed E-state index contributed by atoms with van der Waals surface area (Å²) in [6, 6.07) is 20.9. The molecular weight excluding hydrogens is 352 g/mol. The maximum atomic E-state index is 9.79. The third kappa shape index (κ3) is 3.94. The van der Waals surface area contributed by atoms with Gasteiger partial charge in [0.25, 0.3) is 0 Å². The van der Waals surface area contributed by atoms with Crippen LogP contribution in [-0.4, -0.2) is 45.1 Å². The summed E-state index contributed by atoms with van der Waals surface area (Å²) in [7, 11) is 2.08. The SMILES string of the molecule is CN(c1ccccc1)c1ccc(CN2CCn3nc(C(O)CO)cc3C2)cc1. The van der Waals surface area contributed by atoms with Crippen molar-refractivity contribution in [2.24, 2.45) is 0 Å². The summed E-state index contributed by atoms with van der Waals surface area (Å²) >= 11 is 0. The van der Waals surface area contributed by atoms with E-state index < -0.39 is 6.10 Å². The summed E-state index contributed by atoms with van der Waals surface area (Å²) in [4.78, 5) is 4.55. The van der Waals surface area contributed by atoms with E-state index in [0.29, 0.717) is 5.69 Å². The van der Waals surface area contributed by atoms with Gasteiger partial charge in [-0.25, -0.2) is 0 Å². The van der Waals surface area contributed by atoms with E-state index in [9.17, 15) is 5.11 Å². The molecule has 146 valence electrons. The van der Waals surface area contributed by atoms with Gasteiger partial charge in [0.2, 0.25) is 0 Å². The Kier molecular flexibility index (Phi) is 5.43. The largest absolute Gasteiger partial charge is 0.393 e. The first-order chi connectivity index (χ1) is 13.6. The zero-order valence-electron chi connectivity index (χ0n) is 16.1. The highest BCUT2D eigenvalue weighted by Crippen LogP contribution is 2.24. The Labute approximate surface area is 165 Å². The highest BCUT2D eigenvalue weighted by atomic mass is 16.3. The minimum Gasteiger partial charge on any atom is -0.393 e. The summed E-state index contributed by atoms with van der Waals surface area (Å²) in [6.07, 6.45) is -0.902. The van der Waals surface area contributed by atoms with E-state index in [2.05, 4.69) is 58.3 Å². The first-order valence-corrected chi connectivity index (χ1v) is 9.59. The molecule has 0 bridgehead atoms. The fourth-order valence-electron chi connectivity index (χ4n) is 3.62. The molecular formula is C22H26N4O2. The number of aromatic nitrogens is 2. The van der Waals surface area contributed by atoms with Crippen molar-refractivity contribution in [2.45, 2.75) is 25.7 Å². The second-order valence-electron chi connectivity index (χ2n) is 7.25. The van der Waals surface area contributed by atoms with E-state index >= 15 is 0 Å². The van der Waals surface area contributed by atoms with E-state index in [0.717, 1.165) is 37.6 Å². The zero-order valence-corrected chi connectivity index (χ0v) is 16.1. The first-order valence-electron chi connectivity index (χ1n) is 9.59. The van der Waals surface area contributed by atoms with Crippen molar-refractivity contribution in [2.75, 3.05) is 25.1 Å². The normalized spacial score (nSPS) is 15.2. The molecule has 2 N–H and O–H groups in total. The van der Waals surface area contributed by atoms with Gasteiger partial charge in [0, 0.05) is 38.1 Å². The van der Waals surface area contributed by atoms with E-state index in [4.69, 9.17) is 5.11 Å². The van der Waals surface area contributed by atoms with Crippen molar-refractivity contribution >= 4 is 11.4 Å². The van der Waals surface area contributed by atoms with Crippen molar-refractivity contribution in [1.29, 1.82) is 0 Å². The quantitative estimate of drug-likeness (QED) is 0.690. The maximum absolute atomic E-state index is 9.79. The summed E-state index contributed by atoms with van der Waals surface area (Å²) < 4.78 is 1.93. The van der Waals surface area contributed by atoms with Crippen molar-refractivity contribution in [3.63, 3.8) is 0 Å². The molecule has 0 spiro atoms. The number of fused-ring (bicyclic) bond motifs is 1. The van der Waals surface area contributed by atoms with Gasteiger partial charge in [0.05, 0.1) is 24.5 Å². The van der Waals surface area contributed by atoms with Crippen molar-refractivity contribution in [1.82, 2.24) is 14.7 Å². The predicted molar refractivity (Wildman–Crippen MR) is 109 cm³/mol. The lowest BCUT2D eigenvalue weighted by Crippen LogP contribution is -2.33. The Balaban J connectivity index is 1.40. The Morgan fingerprint density at radius 2 is 1.75 bits per heavy atom. The Bertz CT molecular complexity index is 908. The highest BCUT2D eigenvalue weighted by molar-refractivity contribution is 5.62. The molecule has 28 heavy (non-hydrogen) atoms. The fourth-order valence-corrected chi connectivity index (χ4v) is 3.62. The minimum atomic E-state index is -0.902. The molecule has 1 atom stereocenters. The van der Waals surface area contributed by atoms with Gasteiger partial charge in [-0.1, -0.05) is 30.3 Å². The van der Waals surface area contributed by atoms with Crippen LogP contribution < -0.4 is 4.90 Å². The third-order valence-electron chi connectivity index (χ3n) is 5.28. The lowest BCUT2D eigenvalue weighted by atomic mass is 10.1. The molecule has 2 heterocycles. The fraction of sp³-hybridized carbons (Fsp3) is 0.318. The van der Waals surface area contributed by atoms with Crippen LogP contribution in [0.3, 0.4) is 0 Å². The lowest BCUT2D eigenvalue weighted by molar-refractivity contribution is 0.0915. The van der Waals surface area contributed by atoms with Gasteiger partial charge < -0.3 is 15.1 Å². The van der Waals surface area contributed by atoms with Crippen LogP contribution in [0.5, 0.6) is 0 Å². The molecule has 0 radical (unpaired) electrons. The number of hydrogen-bond acceptors (Lipinski definition) is 5. The van der Waals surface area contributed by atoms with Gasteiger partial charge in [-0.15, -0.1) is 0 Å². The van der Waals surface area contributed by atoms with Gasteiger partial charge >= 0.3 is 0 Å². The van der Waals surface area contributed by atoms with Crippen molar-refractivity contribution in [3.8, 4) is 0 Å². The molecule has 0 aliphatic carbocycles. The van der Waals surface area contributed by atoms with Crippen LogP contribution in [0.15, 0.2) is 60.7 Å². The van der Waals surface area contributed by atoms with E-state index in [1.54, 1.807) is 0 Å². The average molecular weight is 378 g/mol. The van der Waals surface area contributed by atoms with Crippen LogP contribution >= 0.6 is 0 Å². The highest BCUT2D eigenvalue weighted by Gasteiger charge is 2.21.